The molecule has 0 radical (unpaired) electrons. The first-order valence-electron chi connectivity index (χ1n) is 8.73. The maximum Gasteiger partial charge on any atom is 0.311 e. The van der Waals surface area contributed by atoms with Gasteiger partial charge in [-0.1, -0.05) is 29.8 Å². The van der Waals surface area contributed by atoms with Gasteiger partial charge in [0.25, 0.3) is 0 Å². The van der Waals surface area contributed by atoms with Crippen molar-refractivity contribution in [3.05, 3.63) is 35.4 Å². The van der Waals surface area contributed by atoms with Crippen LogP contribution in [0.4, 0.5) is 0 Å². The summed E-state index contributed by atoms with van der Waals surface area (Å²) in [7, 11) is 0. The number of aryl methyl sites for hydroxylation is 1. The van der Waals surface area contributed by atoms with E-state index in [0.29, 0.717) is 19.7 Å². The van der Waals surface area contributed by atoms with E-state index in [4.69, 9.17) is 9.47 Å². The van der Waals surface area contributed by atoms with Crippen LogP contribution in [0.3, 0.4) is 0 Å². The Morgan fingerprint density at radius 3 is 2.79 bits per heavy atom. The Morgan fingerprint density at radius 2 is 2.08 bits per heavy atom. The van der Waals surface area contributed by atoms with Crippen molar-refractivity contribution < 1.29 is 19.1 Å². The molecule has 5 heteroatoms. The molecule has 2 unspecified atom stereocenters. The van der Waals surface area contributed by atoms with Gasteiger partial charge in [0.15, 0.2) is 0 Å². The number of esters is 1. The third kappa shape index (κ3) is 4.35. The van der Waals surface area contributed by atoms with Crippen LogP contribution in [-0.4, -0.2) is 42.6 Å². The van der Waals surface area contributed by atoms with E-state index in [2.05, 4.69) is 0 Å². The van der Waals surface area contributed by atoms with E-state index in [9.17, 15) is 9.59 Å². The molecule has 130 valence electrons. The molecule has 2 fully saturated rings. The highest BCUT2D eigenvalue weighted by atomic mass is 16.6. The Labute approximate surface area is 142 Å². The largest absolute Gasteiger partial charge is 0.463 e. The molecule has 2 aliphatic heterocycles. The van der Waals surface area contributed by atoms with E-state index >= 15 is 0 Å². The fraction of sp³-hybridized carbons (Fsp3) is 0.579. The zero-order valence-corrected chi connectivity index (χ0v) is 14.2. The van der Waals surface area contributed by atoms with Crippen molar-refractivity contribution in [1.82, 2.24) is 4.90 Å². The summed E-state index contributed by atoms with van der Waals surface area (Å²) in [5, 5.41) is 0. The second-order valence-electron chi connectivity index (χ2n) is 6.78. The molecule has 2 heterocycles. The Hall–Kier alpha value is -1.88. The van der Waals surface area contributed by atoms with Crippen LogP contribution in [0.2, 0.25) is 0 Å². The van der Waals surface area contributed by atoms with Gasteiger partial charge >= 0.3 is 5.97 Å². The molecule has 2 atom stereocenters. The highest BCUT2D eigenvalue weighted by Crippen LogP contribution is 2.22. The first-order valence-corrected chi connectivity index (χ1v) is 8.73. The van der Waals surface area contributed by atoms with E-state index in [0.717, 1.165) is 31.4 Å². The third-order valence-electron chi connectivity index (χ3n) is 4.73. The summed E-state index contributed by atoms with van der Waals surface area (Å²) in [5.41, 5.74) is 2.27. The molecule has 1 aromatic rings. The molecule has 2 saturated heterocycles. The van der Waals surface area contributed by atoms with Gasteiger partial charge in [-0.25, -0.2) is 0 Å². The van der Waals surface area contributed by atoms with Crippen molar-refractivity contribution >= 4 is 11.9 Å². The van der Waals surface area contributed by atoms with Crippen molar-refractivity contribution in [2.45, 2.75) is 45.3 Å². The van der Waals surface area contributed by atoms with Gasteiger partial charge in [-0.3, -0.25) is 9.59 Å². The smallest absolute Gasteiger partial charge is 0.311 e. The molecule has 2 aliphatic rings. The first kappa shape index (κ1) is 17.0. The first-order chi connectivity index (χ1) is 11.6. The predicted molar refractivity (Wildman–Crippen MR) is 89.3 cm³/mol. The van der Waals surface area contributed by atoms with Crippen LogP contribution in [-0.2, 0) is 25.6 Å². The molecule has 3 rings (SSSR count). The molecule has 0 spiro atoms. The topological polar surface area (TPSA) is 55.8 Å². The Bertz CT molecular complexity index is 578. The minimum absolute atomic E-state index is 0.0171. The number of ether oxygens (including phenoxy) is 2. The van der Waals surface area contributed by atoms with Crippen LogP contribution in [0.5, 0.6) is 0 Å². The number of amides is 1. The van der Waals surface area contributed by atoms with Gasteiger partial charge in [0, 0.05) is 26.1 Å². The number of carbonyl (C=O) groups is 2. The van der Waals surface area contributed by atoms with Crippen molar-refractivity contribution in [1.29, 1.82) is 0 Å². The molecule has 1 aromatic carbocycles. The number of likely N-dealkylation sites (tertiary alicyclic amines) is 1. The summed E-state index contributed by atoms with van der Waals surface area (Å²) in [6.07, 6.45) is 3.40. The van der Waals surface area contributed by atoms with Crippen LogP contribution in [0.15, 0.2) is 24.3 Å². The van der Waals surface area contributed by atoms with Crippen molar-refractivity contribution in [3.63, 3.8) is 0 Å². The predicted octanol–water partition coefficient (Wildman–Crippen LogP) is 2.46. The number of rotatable bonds is 5. The monoisotopic (exact) mass is 331 g/mol. The van der Waals surface area contributed by atoms with Crippen LogP contribution in [0.25, 0.3) is 0 Å². The lowest BCUT2D eigenvalue weighted by Crippen LogP contribution is -2.29. The normalized spacial score (nSPS) is 24.2. The van der Waals surface area contributed by atoms with E-state index in [1.54, 1.807) is 4.90 Å². The molecule has 0 aliphatic carbocycles. The number of benzene rings is 1. The van der Waals surface area contributed by atoms with Gasteiger partial charge in [0.2, 0.25) is 5.91 Å². The molecular formula is C19H25NO4. The summed E-state index contributed by atoms with van der Waals surface area (Å²) >= 11 is 0. The SMILES string of the molecule is Cc1ccc(CN2CC(C(=O)OCC3CCCCO3)CC2=O)cc1. The van der Waals surface area contributed by atoms with E-state index < -0.39 is 0 Å². The summed E-state index contributed by atoms with van der Waals surface area (Å²) in [6, 6.07) is 8.11. The van der Waals surface area contributed by atoms with Crippen LogP contribution >= 0.6 is 0 Å². The fourth-order valence-corrected chi connectivity index (χ4v) is 3.23. The van der Waals surface area contributed by atoms with Crippen molar-refractivity contribution in [3.8, 4) is 0 Å². The Kier molecular flexibility index (Phi) is 5.51. The number of carbonyl (C=O) groups excluding carboxylic acids is 2. The lowest BCUT2D eigenvalue weighted by atomic mass is 10.1. The van der Waals surface area contributed by atoms with E-state index in [1.807, 2.05) is 31.2 Å². The highest BCUT2D eigenvalue weighted by molar-refractivity contribution is 5.86. The zero-order chi connectivity index (χ0) is 16.9. The zero-order valence-electron chi connectivity index (χ0n) is 14.2. The Balaban J connectivity index is 1.48. The third-order valence-corrected chi connectivity index (χ3v) is 4.73. The summed E-state index contributed by atoms with van der Waals surface area (Å²) in [6.45, 7) is 4.08. The van der Waals surface area contributed by atoms with E-state index in [1.165, 1.54) is 5.56 Å². The van der Waals surface area contributed by atoms with Crippen molar-refractivity contribution in [2.75, 3.05) is 19.8 Å². The van der Waals surface area contributed by atoms with Gasteiger partial charge in [0.1, 0.15) is 6.61 Å². The summed E-state index contributed by atoms with van der Waals surface area (Å²) in [4.78, 5) is 26.1. The molecule has 0 saturated carbocycles. The molecule has 0 bridgehead atoms. The highest BCUT2D eigenvalue weighted by Gasteiger charge is 2.35. The number of nitrogens with zero attached hydrogens (tertiary/aromatic N) is 1. The maximum absolute atomic E-state index is 12.2. The van der Waals surface area contributed by atoms with Gasteiger partial charge < -0.3 is 14.4 Å². The second kappa shape index (κ2) is 7.79. The molecule has 1 amide bonds. The molecular weight excluding hydrogens is 306 g/mol. The minimum atomic E-state index is -0.355. The van der Waals surface area contributed by atoms with Crippen LogP contribution in [0, 0.1) is 12.8 Å². The lowest BCUT2D eigenvalue weighted by Gasteiger charge is -2.22. The standard InChI is InChI=1S/C19H25NO4/c1-14-5-7-15(8-6-14)11-20-12-16(10-18(20)21)19(22)24-13-17-4-2-3-9-23-17/h5-8,16-17H,2-4,9-13H2,1H3. The van der Waals surface area contributed by atoms with Gasteiger partial charge in [0.05, 0.1) is 12.0 Å². The van der Waals surface area contributed by atoms with Gasteiger partial charge in [-0.05, 0) is 31.7 Å². The van der Waals surface area contributed by atoms with Crippen molar-refractivity contribution in [2.24, 2.45) is 5.92 Å². The quantitative estimate of drug-likeness (QED) is 0.778. The molecule has 0 N–H and O–H groups in total. The number of hydrogen-bond acceptors (Lipinski definition) is 4. The molecule has 24 heavy (non-hydrogen) atoms. The second-order valence-corrected chi connectivity index (χ2v) is 6.78. The van der Waals surface area contributed by atoms with Crippen LogP contribution < -0.4 is 0 Å². The van der Waals surface area contributed by atoms with Crippen LogP contribution in [0.1, 0.15) is 36.8 Å². The lowest BCUT2D eigenvalue weighted by molar-refractivity contribution is -0.153. The van der Waals surface area contributed by atoms with Gasteiger partial charge in [-0.2, -0.15) is 0 Å². The van der Waals surface area contributed by atoms with Gasteiger partial charge in [-0.15, -0.1) is 0 Å². The minimum Gasteiger partial charge on any atom is -0.463 e. The average Bonchev–Trinajstić information content (AvgIpc) is 2.96. The average molecular weight is 331 g/mol. The summed E-state index contributed by atoms with van der Waals surface area (Å²) in [5.74, 6) is -0.609. The maximum atomic E-state index is 12.2. The fourth-order valence-electron chi connectivity index (χ4n) is 3.23. The molecule has 5 nitrogen and oxygen atoms in total. The molecule has 0 aromatic heterocycles. The summed E-state index contributed by atoms with van der Waals surface area (Å²) < 4.78 is 11.0. The van der Waals surface area contributed by atoms with E-state index in [-0.39, 0.29) is 30.3 Å². The number of hydrogen-bond donors (Lipinski definition) is 0. The Morgan fingerprint density at radius 1 is 1.29 bits per heavy atom.